The molecule has 0 amide bonds. The van der Waals surface area contributed by atoms with E-state index in [-0.39, 0.29) is 5.60 Å². The van der Waals surface area contributed by atoms with Crippen LogP contribution in [0.2, 0.25) is 0 Å². The van der Waals surface area contributed by atoms with Gasteiger partial charge in [0.2, 0.25) is 0 Å². The van der Waals surface area contributed by atoms with Gasteiger partial charge < -0.3 is 4.74 Å². The third-order valence-corrected chi connectivity index (χ3v) is 6.23. The average Bonchev–Trinajstić information content (AvgIpc) is 3.11. The topological polar surface area (TPSA) is 9.23 Å². The van der Waals surface area contributed by atoms with Gasteiger partial charge in [0.05, 0.1) is 11.7 Å². The highest BCUT2D eigenvalue weighted by atomic mass is 79.9. The molecule has 1 saturated heterocycles. The number of benzene rings is 1. The number of hydrogen-bond donors (Lipinski definition) is 0. The zero-order chi connectivity index (χ0) is 14.7. The van der Waals surface area contributed by atoms with Crippen LogP contribution in [0.15, 0.2) is 24.3 Å². The number of alkyl halides is 1. The number of aryl methyl sites for hydroxylation is 1. The van der Waals surface area contributed by atoms with E-state index in [1.54, 1.807) is 0 Å². The van der Waals surface area contributed by atoms with Crippen LogP contribution in [0, 0.1) is 12.8 Å². The van der Waals surface area contributed by atoms with E-state index < -0.39 is 0 Å². The van der Waals surface area contributed by atoms with Gasteiger partial charge in [-0.15, -0.1) is 0 Å². The van der Waals surface area contributed by atoms with Crippen LogP contribution in [0.4, 0.5) is 0 Å². The molecule has 2 aliphatic rings. The quantitative estimate of drug-likeness (QED) is 0.643. The number of ether oxygens (including phenoxy) is 1. The Labute approximate surface area is 137 Å². The molecule has 1 heterocycles. The predicted octanol–water partition coefficient (Wildman–Crippen LogP) is 5.43. The first-order valence-corrected chi connectivity index (χ1v) is 9.61. The van der Waals surface area contributed by atoms with Crippen LogP contribution >= 0.6 is 15.9 Å². The van der Waals surface area contributed by atoms with Crippen molar-refractivity contribution in [1.29, 1.82) is 0 Å². The molecule has 2 unspecified atom stereocenters. The lowest BCUT2D eigenvalue weighted by Gasteiger charge is -2.25. The van der Waals surface area contributed by atoms with Gasteiger partial charge in [-0.3, -0.25) is 0 Å². The van der Waals surface area contributed by atoms with Crippen molar-refractivity contribution in [1.82, 2.24) is 0 Å². The number of hydrogen-bond acceptors (Lipinski definition) is 1. The monoisotopic (exact) mass is 350 g/mol. The summed E-state index contributed by atoms with van der Waals surface area (Å²) in [6, 6.07) is 9.00. The van der Waals surface area contributed by atoms with Crippen molar-refractivity contribution in [3.8, 4) is 0 Å². The molecule has 2 fully saturated rings. The van der Waals surface area contributed by atoms with Crippen LogP contribution in [0.5, 0.6) is 0 Å². The first kappa shape index (κ1) is 15.6. The van der Waals surface area contributed by atoms with Crippen molar-refractivity contribution in [2.24, 2.45) is 5.92 Å². The summed E-state index contributed by atoms with van der Waals surface area (Å²) >= 11 is 3.71. The normalized spacial score (nSPS) is 25.5. The highest BCUT2D eigenvalue weighted by molar-refractivity contribution is 9.09. The molecule has 1 aliphatic carbocycles. The van der Waals surface area contributed by atoms with Crippen molar-refractivity contribution < 1.29 is 4.74 Å². The van der Waals surface area contributed by atoms with Gasteiger partial charge in [-0.2, -0.15) is 0 Å². The summed E-state index contributed by atoms with van der Waals surface area (Å²) in [6.07, 6.45) is 10.8. The van der Waals surface area contributed by atoms with Crippen LogP contribution in [-0.4, -0.2) is 17.0 Å². The molecule has 2 heteroatoms. The minimum absolute atomic E-state index is 0.283. The minimum Gasteiger partial charge on any atom is -0.372 e. The number of rotatable bonds is 5. The molecule has 0 radical (unpaired) electrons. The second-order valence-electron chi connectivity index (χ2n) is 7.11. The van der Waals surface area contributed by atoms with Crippen molar-refractivity contribution in [3.63, 3.8) is 0 Å². The lowest BCUT2D eigenvalue weighted by Crippen LogP contribution is -2.26. The Hall–Kier alpha value is -0.340. The molecule has 1 nitrogen and oxygen atoms in total. The van der Waals surface area contributed by atoms with Gasteiger partial charge in [0.25, 0.3) is 0 Å². The Morgan fingerprint density at radius 3 is 2.57 bits per heavy atom. The Bertz CT molecular complexity index is 447. The summed E-state index contributed by atoms with van der Waals surface area (Å²) in [5, 5.41) is 1.08. The van der Waals surface area contributed by atoms with E-state index in [1.807, 2.05) is 0 Å². The first-order chi connectivity index (χ1) is 10.2. The maximum Gasteiger partial charge on any atom is 0.0687 e. The van der Waals surface area contributed by atoms with Gasteiger partial charge in [-0.1, -0.05) is 58.6 Å². The Morgan fingerprint density at radius 1 is 1.19 bits per heavy atom. The predicted molar refractivity (Wildman–Crippen MR) is 92.1 cm³/mol. The van der Waals surface area contributed by atoms with E-state index >= 15 is 0 Å². The molecule has 1 aromatic rings. The molecule has 1 aromatic carbocycles. The van der Waals surface area contributed by atoms with E-state index in [0.29, 0.717) is 12.0 Å². The summed E-state index contributed by atoms with van der Waals surface area (Å²) in [5.41, 5.74) is 3.08. The SMILES string of the molecule is Cc1ccc(CC(CBr)CC2CCC3(CCCC3)O2)cc1. The maximum atomic E-state index is 6.48. The second kappa shape index (κ2) is 6.83. The van der Waals surface area contributed by atoms with E-state index in [4.69, 9.17) is 4.74 Å². The highest BCUT2D eigenvalue weighted by Crippen LogP contribution is 2.44. The molecule has 1 saturated carbocycles. The summed E-state index contributed by atoms with van der Waals surface area (Å²) in [6.45, 7) is 2.15. The summed E-state index contributed by atoms with van der Waals surface area (Å²) in [4.78, 5) is 0. The highest BCUT2D eigenvalue weighted by Gasteiger charge is 2.42. The molecule has 116 valence electrons. The van der Waals surface area contributed by atoms with Crippen LogP contribution in [0.25, 0.3) is 0 Å². The third kappa shape index (κ3) is 3.90. The zero-order valence-electron chi connectivity index (χ0n) is 13.1. The standard InChI is InChI=1S/C19H27BrO/c1-15-4-6-16(7-5-15)12-17(14-20)13-18-8-11-19(21-18)9-2-3-10-19/h4-7,17-18H,2-3,8-14H2,1H3. The van der Waals surface area contributed by atoms with Crippen molar-refractivity contribution >= 4 is 15.9 Å². The Kier molecular flexibility index (Phi) is 5.06. The van der Waals surface area contributed by atoms with Crippen molar-refractivity contribution in [2.75, 3.05) is 5.33 Å². The van der Waals surface area contributed by atoms with Gasteiger partial charge in [0.1, 0.15) is 0 Å². The van der Waals surface area contributed by atoms with Gasteiger partial charge in [-0.05, 0) is 56.9 Å². The van der Waals surface area contributed by atoms with Crippen molar-refractivity contribution in [3.05, 3.63) is 35.4 Å². The van der Waals surface area contributed by atoms with Crippen LogP contribution < -0.4 is 0 Å². The number of halogens is 1. The van der Waals surface area contributed by atoms with Gasteiger partial charge in [0.15, 0.2) is 0 Å². The molecule has 1 aliphatic heterocycles. The van der Waals surface area contributed by atoms with Crippen LogP contribution in [-0.2, 0) is 11.2 Å². The van der Waals surface area contributed by atoms with Crippen molar-refractivity contribution in [2.45, 2.75) is 70.0 Å². The minimum atomic E-state index is 0.283. The Morgan fingerprint density at radius 2 is 1.90 bits per heavy atom. The second-order valence-corrected chi connectivity index (χ2v) is 7.76. The van der Waals surface area contributed by atoms with Gasteiger partial charge >= 0.3 is 0 Å². The summed E-state index contributed by atoms with van der Waals surface area (Å²) in [7, 11) is 0. The molecule has 2 atom stereocenters. The fraction of sp³-hybridized carbons (Fsp3) is 0.684. The molecule has 21 heavy (non-hydrogen) atoms. The summed E-state index contributed by atoms with van der Waals surface area (Å²) in [5.74, 6) is 0.689. The Balaban J connectivity index is 1.54. The smallest absolute Gasteiger partial charge is 0.0687 e. The van der Waals surface area contributed by atoms with Gasteiger partial charge in [0, 0.05) is 5.33 Å². The molecule has 1 spiro atoms. The van der Waals surface area contributed by atoms with Crippen LogP contribution in [0.1, 0.15) is 56.1 Å². The van der Waals surface area contributed by atoms with Gasteiger partial charge in [-0.25, -0.2) is 0 Å². The maximum absolute atomic E-state index is 6.48. The van der Waals surface area contributed by atoms with E-state index in [9.17, 15) is 0 Å². The van der Waals surface area contributed by atoms with E-state index in [1.165, 1.54) is 62.5 Å². The molecule has 0 aromatic heterocycles. The molecular weight excluding hydrogens is 324 g/mol. The lowest BCUT2D eigenvalue weighted by atomic mass is 9.93. The lowest BCUT2D eigenvalue weighted by molar-refractivity contribution is -0.0431. The molecule has 0 bridgehead atoms. The van der Waals surface area contributed by atoms with Crippen LogP contribution in [0.3, 0.4) is 0 Å². The third-order valence-electron chi connectivity index (χ3n) is 5.31. The molecular formula is C19H27BrO. The average molecular weight is 351 g/mol. The zero-order valence-corrected chi connectivity index (χ0v) is 14.7. The van der Waals surface area contributed by atoms with E-state index in [2.05, 4.69) is 47.1 Å². The first-order valence-electron chi connectivity index (χ1n) is 8.48. The molecule has 0 N–H and O–H groups in total. The molecule has 3 rings (SSSR count). The fourth-order valence-electron chi connectivity index (χ4n) is 4.08. The largest absolute Gasteiger partial charge is 0.372 e. The summed E-state index contributed by atoms with van der Waals surface area (Å²) < 4.78 is 6.48. The fourth-order valence-corrected chi connectivity index (χ4v) is 4.57. The van der Waals surface area contributed by atoms with E-state index in [0.717, 1.165) is 5.33 Å².